The van der Waals surface area contributed by atoms with Crippen LogP contribution in [0.3, 0.4) is 0 Å². The van der Waals surface area contributed by atoms with Gasteiger partial charge in [-0.25, -0.2) is 0 Å². The molecule has 0 heterocycles. The Morgan fingerprint density at radius 3 is 2.69 bits per heavy atom. The average molecular weight is 306 g/mol. The summed E-state index contributed by atoms with van der Waals surface area (Å²) < 4.78 is 0. The van der Waals surface area contributed by atoms with E-state index in [1.54, 1.807) is 6.07 Å². The summed E-state index contributed by atoms with van der Waals surface area (Å²) in [4.78, 5) is 13.3. The van der Waals surface area contributed by atoms with Gasteiger partial charge >= 0.3 is 0 Å². The number of hydrogen-bond acceptors (Lipinski definition) is 2. The van der Waals surface area contributed by atoms with Crippen LogP contribution < -0.4 is 10.2 Å². The van der Waals surface area contributed by atoms with Crippen LogP contribution in [0.25, 0.3) is 0 Å². The highest BCUT2D eigenvalue weighted by Crippen LogP contribution is 2.27. The average Bonchev–Trinajstić information content (AvgIpc) is 2.17. The van der Waals surface area contributed by atoms with Crippen molar-refractivity contribution >= 4 is 44.8 Å². The third-order valence-corrected chi connectivity index (χ3v) is 2.73. The number of alkyl halides is 1. The van der Waals surface area contributed by atoms with Gasteiger partial charge in [-0.15, -0.1) is 0 Å². The molecule has 0 spiro atoms. The van der Waals surface area contributed by atoms with Gasteiger partial charge in [-0.1, -0.05) is 27.5 Å². The van der Waals surface area contributed by atoms with Crippen molar-refractivity contribution in [2.75, 3.05) is 29.6 Å². The largest absolute Gasteiger partial charge is 0.376 e. The fourth-order valence-electron chi connectivity index (χ4n) is 1.26. The van der Waals surface area contributed by atoms with E-state index in [0.29, 0.717) is 16.8 Å². The van der Waals surface area contributed by atoms with Gasteiger partial charge in [0.2, 0.25) is 5.91 Å². The molecule has 0 saturated heterocycles. The first-order valence-electron chi connectivity index (χ1n) is 4.87. The van der Waals surface area contributed by atoms with Crippen molar-refractivity contribution in [2.24, 2.45) is 0 Å². The molecule has 0 aliphatic carbocycles. The second-order valence-electron chi connectivity index (χ2n) is 3.55. The molecule has 5 heteroatoms. The van der Waals surface area contributed by atoms with E-state index in [1.807, 2.05) is 31.1 Å². The first-order valence-corrected chi connectivity index (χ1v) is 6.37. The number of nitrogens with one attached hydrogen (secondary N) is 1. The quantitative estimate of drug-likeness (QED) is 0.867. The molecule has 1 aromatic rings. The molecule has 0 aromatic heterocycles. The van der Waals surface area contributed by atoms with Gasteiger partial charge in [0.1, 0.15) is 0 Å². The van der Waals surface area contributed by atoms with Crippen molar-refractivity contribution in [3.8, 4) is 0 Å². The highest BCUT2D eigenvalue weighted by Gasteiger charge is 2.05. The van der Waals surface area contributed by atoms with E-state index < -0.39 is 0 Å². The predicted octanol–water partition coefficient (Wildman–Crippen LogP) is 3.13. The van der Waals surface area contributed by atoms with Crippen molar-refractivity contribution in [3.63, 3.8) is 0 Å². The third-order valence-electron chi connectivity index (χ3n) is 2.03. The summed E-state index contributed by atoms with van der Waals surface area (Å²) in [5.74, 6) is -0.0226. The number of hydrogen-bond donors (Lipinski definition) is 1. The highest BCUT2D eigenvalue weighted by atomic mass is 79.9. The van der Waals surface area contributed by atoms with Crippen molar-refractivity contribution < 1.29 is 4.79 Å². The lowest BCUT2D eigenvalue weighted by molar-refractivity contribution is -0.115. The van der Waals surface area contributed by atoms with Crippen LogP contribution in [0.1, 0.15) is 6.42 Å². The lowest BCUT2D eigenvalue weighted by atomic mass is 10.2. The lowest BCUT2D eigenvalue weighted by Gasteiger charge is -2.15. The molecule has 0 radical (unpaired) electrons. The van der Waals surface area contributed by atoms with Gasteiger partial charge in [-0.2, -0.15) is 0 Å². The van der Waals surface area contributed by atoms with Gasteiger partial charge in [0.05, 0.1) is 10.7 Å². The maximum Gasteiger partial charge on any atom is 0.225 e. The van der Waals surface area contributed by atoms with Crippen LogP contribution in [0.2, 0.25) is 5.02 Å². The molecule has 16 heavy (non-hydrogen) atoms. The van der Waals surface area contributed by atoms with E-state index in [1.165, 1.54) is 0 Å². The van der Waals surface area contributed by atoms with Gasteiger partial charge in [0, 0.05) is 31.5 Å². The zero-order valence-electron chi connectivity index (χ0n) is 9.26. The van der Waals surface area contributed by atoms with Crippen molar-refractivity contribution in [3.05, 3.63) is 23.2 Å². The van der Waals surface area contributed by atoms with E-state index in [2.05, 4.69) is 21.2 Å². The molecule has 3 nitrogen and oxygen atoms in total. The number of anilines is 2. The highest BCUT2D eigenvalue weighted by molar-refractivity contribution is 9.09. The summed E-state index contributed by atoms with van der Waals surface area (Å²) in [6, 6.07) is 5.47. The number of carbonyl (C=O) groups excluding carboxylic acids is 1. The van der Waals surface area contributed by atoms with Crippen LogP contribution in [0, 0.1) is 0 Å². The summed E-state index contributed by atoms with van der Waals surface area (Å²) in [6.07, 6.45) is 0.451. The van der Waals surface area contributed by atoms with Gasteiger partial charge in [0.15, 0.2) is 0 Å². The number of halogens is 2. The maximum absolute atomic E-state index is 11.3. The Morgan fingerprint density at radius 1 is 1.50 bits per heavy atom. The van der Waals surface area contributed by atoms with Crippen LogP contribution in [0.15, 0.2) is 18.2 Å². The van der Waals surface area contributed by atoms with Crippen LogP contribution in [-0.2, 0) is 4.79 Å². The molecule has 0 bridgehead atoms. The first-order chi connectivity index (χ1) is 7.54. The number of benzene rings is 1. The molecule has 88 valence electrons. The number of nitrogens with zero attached hydrogens (tertiary/aromatic N) is 1. The predicted molar refractivity (Wildman–Crippen MR) is 72.8 cm³/mol. The number of amides is 1. The van der Waals surface area contributed by atoms with Crippen LogP contribution >= 0.6 is 27.5 Å². The standard InChI is InChI=1S/C11H14BrClN2O/c1-15(2)10-4-3-8(7-9(10)13)14-11(16)5-6-12/h3-4,7H,5-6H2,1-2H3,(H,14,16). The van der Waals surface area contributed by atoms with Crippen molar-refractivity contribution in [1.82, 2.24) is 0 Å². The summed E-state index contributed by atoms with van der Waals surface area (Å²) in [5.41, 5.74) is 1.65. The fraction of sp³-hybridized carbons (Fsp3) is 0.364. The molecule has 0 saturated carbocycles. The third kappa shape index (κ3) is 3.68. The maximum atomic E-state index is 11.3. The molecule has 1 aromatic carbocycles. The van der Waals surface area contributed by atoms with Gasteiger partial charge < -0.3 is 10.2 Å². The molecule has 0 aliphatic rings. The molecule has 0 aliphatic heterocycles. The molecule has 1 rings (SSSR count). The minimum absolute atomic E-state index is 0.0226. The molecule has 1 N–H and O–H groups in total. The van der Waals surface area contributed by atoms with Crippen LogP contribution in [-0.4, -0.2) is 25.3 Å². The molecular weight excluding hydrogens is 291 g/mol. The molecule has 1 amide bonds. The second kappa shape index (κ2) is 6.11. The smallest absolute Gasteiger partial charge is 0.225 e. The Kier molecular flexibility index (Phi) is 5.09. The first kappa shape index (κ1) is 13.3. The zero-order chi connectivity index (χ0) is 12.1. The van der Waals surface area contributed by atoms with Crippen LogP contribution in [0.5, 0.6) is 0 Å². The van der Waals surface area contributed by atoms with E-state index in [-0.39, 0.29) is 5.91 Å². The fourth-order valence-corrected chi connectivity index (χ4v) is 1.97. The van der Waals surface area contributed by atoms with Gasteiger partial charge in [-0.3, -0.25) is 4.79 Å². The van der Waals surface area contributed by atoms with E-state index in [9.17, 15) is 4.79 Å². The number of rotatable bonds is 4. The van der Waals surface area contributed by atoms with E-state index >= 15 is 0 Å². The van der Waals surface area contributed by atoms with Crippen molar-refractivity contribution in [2.45, 2.75) is 6.42 Å². The summed E-state index contributed by atoms with van der Waals surface area (Å²) in [6.45, 7) is 0. The van der Waals surface area contributed by atoms with Crippen molar-refractivity contribution in [1.29, 1.82) is 0 Å². The minimum atomic E-state index is -0.0226. The Morgan fingerprint density at radius 2 is 2.19 bits per heavy atom. The van der Waals surface area contributed by atoms with Crippen LogP contribution in [0.4, 0.5) is 11.4 Å². The van der Waals surface area contributed by atoms with E-state index in [0.717, 1.165) is 11.4 Å². The topological polar surface area (TPSA) is 32.3 Å². The Balaban J connectivity index is 2.77. The summed E-state index contributed by atoms with van der Waals surface area (Å²) in [5, 5.41) is 4.06. The second-order valence-corrected chi connectivity index (χ2v) is 4.75. The monoisotopic (exact) mass is 304 g/mol. The zero-order valence-corrected chi connectivity index (χ0v) is 11.6. The van der Waals surface area contributed by atoms with Gasteiger partial charge in [-0.05, 0) is 18.2 Å². The normalized spacial score (nSPS) is 10.0. The Hall–Kier alpha value is -0.740. The number of carbonyl (C=O) groups is 1. The SMILES string of the molecule is CN(C)c1ccc(NC(=O)CCBr)cc1Cl. The molecule has 0 atom stereocenters. The minimum Gasteiger partial charge on any atom is -0.376 e. The summed E-state index contributed by atoms with van der Waals surface area (Å²) in [7, 11) is 3.84. The Labute approximate surface area is 109 Å². The molecule has 0 unspecified atom stereocenters. The molecule has 0 fully saturated rings. The lowest BCUT2D eigenvalue weighted by Crippen LogP contribution is -2.12. The Bertz CT molecular complexity index is 382. The van der Waals surface area contributed by atoms with E-state index in [4.69, 9.17) is 11.6 Å². The van der Waals surface area contributed by atoms with Gasteiger partial charge in [0.25, 0.3) is 0 Å². The summed E-state index contributed by atoms with van der Waals surface area (Å²) >= 11 is 9.30. The molecular formula is C11H14BrClN2O.